The van der Waals surface area contributed by atoms with E-state index in [0.717, 1.165) is 0 Å². The van der Waals surface area contributed by atoms with Crippen LogP contribution in [0.15, 0.2) is 57.9 Å². The molecule has 2 aromatic carbocycles. The summed E-state index contributed by atoms with van der Waals surface area (Å²) in [5.41, 5.74) is 0.267. The van der Waals surface area contributed by atoms with Gasteiger partial charge in [-0.05, 0) is 57.2 Å². The van der Waals surface area contributed by atoms with Crippen LogP contribution in [0.4, 0.5) is 4.79 Å². The van der Waals surface area contributed by atoms with Crippen molar-refractivity contribution in [1.29, 1.82) is 0 Å². The maximum Gasteiger partial charge on any atom is 0.415 e. The Balaban J connectivity index is 1.79. The van der Waals surface area contributed by atoms with Crippen molar-refractivity contribution in [1.82, 2.24) is 4.90 Å². The van der Waals surface area contributed by atoms with E-state index in [1.165, 1.54) is 29.4 Å². The third-order valence-electron chi connectivity index (χ3n) is 4.53. The van der Waals surface area contributed by atoms with E-state index in [1.807, 2.05) is 13.8 Å². The van der Waals surface area contributed by atoms with Crippen LogP contribution in [0.5, 0.6) is 17.2 Å². The van der Waals surface area contributed by atoms with Gasteiger partial charge in [-0.15, -0.1) is 0 Å². The fourth-order valence-corrected chi connectivity index (χ4v) is 2.87. The lowest BCUT2D eigenvalue weighted by molar-refractivity contribution is 0.0526. The zero-order valence-corrected chi connectivity index (χ0v) is 17.5. The molecule has 31 heavy (non-hydrogen) atoms. The number of rotatable bonds is 7. The molecule has 0 aliphatic heterocycles. The predicted octanol–water partition coefficient (Wildman–Crippen LogP) is 4.60. The first-order valence-corrected chi connectivity index (χ1v) is 9.94. The summed E-state index contributed by atoms with van der Waals surface area (Å²) in [6, 6.07) is 10.7. The molecular weight excluding hydrogens is 402 g/mol. The van der Waals surface area contributed by atoms with Gasteiger partial charge in [0.15, 0.2) is 0 Å². The number of fused-ring (bicyclic) bond motifs is 1. The molecule has 1 aromatic heterocycles. The molecule has 0 fully saturated rings. The lowest BCUT2D eigenvalue weighted by Gasteiger charge is -2.17. The fraction of sp³-hybridized carbons (Fsp3) is 0.261. The first-order chi connectivity index (χ1) is 15.0. The highest BCUT2D eigenvalue weighted by molar-refractivity contribution is 5.89. The van der Waals surface area contributed by atoms with Gasteiger partial charge in [0.05, 0.1) is 17.6 Å². The molecular formula is C23H23NO7. The Kier molecular flexibility index (Phi) is 6.92. The van der Waals surface area contributed by atoms with E-state index in [0.29, 0.717) is 24.4 Å². The first-order valence-electron chi connectivity index (χ1n) is 9.94. The van der Waals surface area contributed by atoms with Crippen molar-refractivity contribution in [3.8, 4) is 17.2 Å². The molecule has 0 saturated carbocycles. The number of nitrogens with zero attached hydrogens (tertiary/aromatic N) is 1. The Bertz CT molecular complexity index is 1130. The molecule has 0 saturated heterocycles. The number of hydrogen-bond donors (Lipinski definition) is 0. The summed E-state index contributed by atoms with van der Waals surface area (Å²) in [7, 11) is 0. The summed E-state index contributed by atoms with van der Waals surface area (Å²) >= 11 is 0. The average Bonchev–Trinajstić information content (AvgIpc) is 2.77. The largest absolute Gasteiger partial charge is 0.462 e. The van der Waals surface area contributed by atoms with E-state index in [4.69, 9.17) is 18.6 Å². The Morgan fingerprint density at radius 2 is 1.65 bits per heavy atom. The topological polar surface area (TPSA) is 95.3 Å². The summed E-state index contributed by atoms with van der Waals surface area (Å²) in [6.07, 6.45) is 0.720. The van der Waals surface area contributed by atoms with Crippen LogP contribution in [0.1, 0.15) is 31.1 Å². The molecule has 0 spiro atoms. The Morgan fingerprint density at radius 3 is 2.29 bits per heavy atom. The number of esters is 1. The third kappa shape index (κ3) is 5.03. The van der Waals surface area contributed by atoms with Gasteiger partial charge in [-0.3, -0.25) is 4.79 Å². The molecule has 1 heterocycles. The minimum absolute atomic E-state index is 0.00993. The van der Waals surface area contributed by atoms with Gasteiger partial charge in [0.25, 0.3) is 0 Å². The molecule has 0 radical (unpaired) electrons. The van der Waals surface area contributed by atoms with Crippen LogP contribution in [0.3, 0.4) is 0 Å². The highest BCUT2D eigenvalue weighted by Gasteiger charge is 2.15. The van der Waals surface area contributed by atoms with Crippen LogP contribution in [-0.2, 0) is 4.74 Å². The molecule has 0 unspecified atom stereocenters. The van der Waals surface area contributed by atoms with Crippen LogP contribution >= 0.6 is 0 Å². The summed E-state index contributed by atoms with van der Waals surface area (Å²) in [4.78, 5) is 38.1. The molecule has 0 atom stereocenters. The van der Waals surface area contributed by atoms with E-state index >= 15 is 0 Å². The SMILES string of the molecule is CCOC(=O)c1ccc(Oc2coc3cc(OC(=O)N(CC)CC)ccc3c2=O)cc1. The molecule has 0 aliphatic carbocycles. The van der Waals surface area contributed by atoms with E-state index < -0.39 is 12.1 Å². The molecule has 0 aliphatic rings. The summed E-state index contributed by atoms with van der Waals surface area (Å²) < 4.78 is 21.4. The zero-order chi connectivity index (χ0) is 22.4. The van der Waals surface area contributed by atoms with E-state index in [-0.39, 0.29) is 34.5 Å². The third-order valence-corrected chi connectivity index (χ3v) is 4.53. The molecule has 8 nitrogen and oxygen atoms in total. The molecule has 8 heteroatoms. The van der Waals surface area contributed by atoms with Gasteiger partial charge in [-0.25, -0.2) is 9.59 Å². The Hall–Kier alpha value is -3.81. The standard InChI is InChI=1S/C23H23NO7/c1-4-24(5-2)23(27)31-17-11-12-18-19(13-17)29-14-20(21(18)25)30-16-9-7-15(8-10-16)22(26)28-6-3/h7-14H,4-6H2,1-3H3. The fourth-order valence-electron chi connectivity index (χ4n) is 2.87. The first kappa shape index (κ1) is 21.9. The normalized spacial score (nSPS) is 10.5. The maximum absolute atomic E-state index is 12.8. The molecule has 0 bridgehead atoms. The van der Waals surface area contributed by atoms with Crippen LogP contribution in [0, 0.1) is 0 Å². The van der Waals surface area contributed by atoms with Crippen LogP contribution in [0.2, 0.25) is 0 Å². The highest BCUT2D eigenvalue weighted by Crippen LogP contribution is 2.24. The van der Waals surface area contributed by atoms with E-state index in [9.17, 15) is 14.4 Å². The van der Waals surface area contributed by atoms with Crippen molar-refractivity contribution in [2.24, 2.45) is 0 Å². The second kappa shape index (κ2) is 9.80. The van der Waals surface area contributed by atoms with Crippen molar-refractivity contribution in [3.05, 3.63) is 64.5 Å². The second-order valence-corrected chi connectivity index (χ2v) is 6.47. The number of amides is 1. The average molecular weight is 425 g/mol. The monoisotopic (exact) mass is 425 g/mol. The zero-order valence-electron chi connectivity index (χ0n) is 17.5. The van der Waals surface area contributed by atoms with Gasteiger partial charge >= 0.3 is 12.1 Å². The van der Waals surface area contributed by atoms with Crippen molar-refractivity contribution in [3.63, 3.8) is 0 Å². The quantitative estimate of drug-likeness (QED) is 0.510. The van der Waals surface area contributed by atoms with Crippen molar-refractivity contribution >= 4 is 23.0 Å². The second-order valence-electron chi connectivity index (χ2n) is 6.47. The van der Waals surface area contributed by atoms with Crippen molar-refractivity contribution in [2.75, 3.05) is 19.7 Å². The van der Waals surface area contributed by atoms with Crippen LogP contribution in [0.25, 0.3) is 11.0 Å². The van der Waals surface area contributed by atoms with Crippen molar-refractivity contribution in [2.45, 2.75) is 20.8 Å². The highest BCUT2D eigenvalue weighted by atomic mass is 16.6. The number of carbonyl (C=O) groups excluding carboxylic acids is 2. The maximum atomic E-state index is 12.8. The summed E-state index contributed by atoms with van der Waals surface area (Å²) in [5, 5.41) is 0.281. The van der Waals surface area contributed by atoms with E-state index in [1.54, 1.807) is 31.2 Å². The lowest BCUT2D eigenvalue weighted by atomic mass is 10.2. The minimum Gasteiger partial charge on any atom is -0.462 e. The molecule has 162 valence electrons. The Morgan fingerprint density at radius 1 is 0.968 bits per heavy atom. The molecule has 3 aromatic rings. The molecule has 1 amide bonds. The van der Waals surface area contributed by atoms with E-state index in [2.05, 4.69) is 0 Å². The van der Waals surface area contributed by atoms with Gasteiger partial charge < -0.3 is 23.5 Å². The van der Waals surface area contributed by atoms with Crippen LogP contribution in [-0.4, -0.2) is 36.7 Å². The Labute approximate surface area is 178 Å². The number of hydrogen-bond acceptors (Lipinski definition) is 7. The molecule has 3 rings (SSSR count). The van der Waals surface area contributed by atoms with Crippen LogP contribution < -0.4 is 14.9 Å². The van der Waals surface area contributed by atoms with Gasteiger partial charge in [0.2, 0.25) is 11.2 Å². The number of ether oxygens (including phenoxy) is 3. The number of carbonyl (C=O) groups is 2. The number of benzene rings is 2. The smallest absolute Gasteiger partial charge is 0.415 e. The van der Waals surface area contributed by atoms with Crippen molar-refractivity contribution < 1.29 is 28.2 Å². The summed E-state index contributed by atoms with van der Waals surface area (Å²) in [5.74, 6) is 0.196. The summed E-state index contributed by atoms with van der Waals surface area (Å²) in [6.45, 7) is 6.78. The predicted molar refractivity (Wildman–Crippen MR) is 114 cm³/mol. The minimum atomic E-state index is -0.474. The molecule has 0 N–H and O–H groups in total. The lowest BCUT2D eigenvalue weighted by Crippen LogP contribution is -2.33. The van der Waals surface area contributed by atoms with Gasteiger partial charge in [-0.2, -0.15) is 0 Å². The van der Waals surface area contributed by atoms with Gasteiger partial charge in [-0.1, -0.05) is 0 Å². The van der Waals surface area contributed by atoms with Gasteiger partial charge in [0, 0.05) is 19.2 Å². The van der Waals surface area contributed by atoms with Gasteiger partial charge in [0.1, 0.15) is 23.3 Å².